The van der Waals surface area contributed by atoms with Crippen LogP contribution in [-0.2, 0) is 9.53 Å². The number of anilines is 1. The molecular weight excluding hydrogens is 220 g/mol. The molecule has 1 atom stereocenters. The van der Waals surface area contributed by atoms with Crippen LogP contribution in [0.3, 0.4) is 0 Å². The fourth-order valence-electron chi connectivity index (χ4n) is 1.15. The fraction of sp³-hybridized carbons (Fsp3) is 0.300. The van der Waals surface area contributed by atoms with Crippen LogP contribution in [-0.4, -0.2) is 17.7 Å². The highest BCUT2D eigenvalue weighted by molar-refractivity contribution is 5.76. The Morgan fingerprint density at radius 3 is 2.69 bits per heavy atom. The third-order valence-electron chi connectivity index (χ3n) is 1.90. The van der Waals surface area contributed by atoms with Crippen LogP contribution in [0.1, 0.15) is 18.6 Å². The molecule has 0 fully saturated rings. The average Bonchev–Trinajstić information content (AvgIpc) is 2.24. The van der Waals surface area contributed by atoms with Gasteiger partial charge in [-0.15, -0.1) is 0 Å². The van der Waals surface area contributed by atoms with E-state index in [9.17, 15) is 18.7 Å². The van der Waals surface area contributed by atoms with Crippen LogP contribution < -0.4 is 5.73 Å². The zero-order chi connectivity index (χ0) is 12.3. The van der Waals surface area contributed by atoms with Crippen molar-refractivity contribution in [2.24, 2.45) is 0 Å². The highest BCUT2D eigenvalue weighted by Gasteiger charge is 2.21. The van der Waals surface area contributed by atoms with Gasteiger partial charge in [0, 0.05) is 0 Å². The Kier molecular flexibility index (Phi) is 3.78. The minimum Gasteiger partial charge on any atom is -0.464 e. The van der Waals surface area contributed by atoms with Crippen molar-refractivity contribution in [3.63, 3.8) is 0 Å². The van der Waals surface area contributed by atoms with Gasteiger partial charge in [0.25, 0.3) is 0 Å². The zero-order valence-electron chi connectivity index (χ0n) is 8.54. The molecule has 0 aliphatic carbocycles. The lowest BCUT2D eigenvalue weighted by atomic mass is 10.1. The summed E-state index contributed by atoms with van der Waals surface area (Å²) in [4.78, 5) is 11.1. The van der Waals surface area contributed by atoms with Crippen molar-refractivity contribution in [3.8, 4) is 0 Å². The van der Waals surface area contributed by atoms with Gasteiger partial charge in [-0.3, -0.25) is 0 Å². The Labute approximate surface area is 90.6 Å². The molecule has 6 heteroatoms. The van der Waals surface area contributed by atoms with E-state index in [0.29, 0.717) is 6.07 Å². The predicted molar refractivity (Wildman–Crippen MR) is 52.4 cm³/mol. The van der Waals surface area contributed by atoms with Crippen LogP contribution in [0.15, 0.2) is 12.1 Å². The molecule has 0 radical (unpaired) electrons. The number of ether oxygens (including phenoxy) is 1. The Morgan fingerprint density at radius 2 is 2.19 bits per heavy atom. The maximum absolute atomic E-state index is 12.9. The van der Waals surface area contributed by atoms with Crippen molar-refractivity contribution in [2.75, 3.05) is 12.3 Å². The van der Waals surface area contributed by atoms with Crippen molar-refractivity contribution in [1.29, 1.82) is 0 Å². The van der Waals surface area contributed by atoms with Crippen LogP contribution in [0.4, 0.5) is 14.5 Å². The largest absolute Gasteiger partial charge is 0.464 e. The van der Waals surface area contributed by atoms with E-state index >= 15 is 0 Å². The highest BCUT2D eigenvalue weighted by Crippen LogP contribution is 2.22. The molecule has 0 aromatic heterocycles. The van der Waals surface area contributed by atoms with Crippen LogP contribution in [0.25, 0.3) is 0 Å². The van der Waals surface area contributed by atoms with Crippen LogP contribution in [0, 0.1) is 11.6 Å². The second kappa shape index (κ2) is 4.89. The number of carbonyl (C=O) groups is 1. The molecule has 0 saturated carbocycles. The molecule has 1 aromatic rings. The van der Waals surface area contributed by atoms with Gasteiger partial charge in [-0.25, -0.2) is 13.6 Å². The average molecular weight is 231 g/mol. The maximum atomic E-state index is 12.9. The van der Waals surface area contributed by atoms with Gasteiger partial charge >= 0.3 is 5.97 Å². The number of aliphatic hydroxyl groups is 1. The van der Waals surface area contributed by atoms with E-state index in [1.54, 1.807) is 6.92 Å². The molecule has 1 aromatic carbocycles. The lowest BCUT2D eigenvalue weighted by molar-refractivity contribution is -0.153. The minimum absolute atomic E-state index is 0.0784. The molecule has 1 unspecified atom stereocenters. The molecule has 0 amide bonds. The lowest BCUT2D eigenvalue weighted by Crippen LogP contribution is -2.16. The number of halogens is 2. The van der Waals surface area contributed by atoms with Crippen LogP contribution in [0.5, 0.6) is 0 Å². The van der Waals surface area contributed by atoms with Gasteiger partial charge in [-0.05, 0) is 24.6 Å². The number of benzene rings is 1. The summed E-state index contributed by atoms with van der Waals surface area (Å²) in [6.45, 7) is 1.64. The SMILES string of the molecule is CCOC(=O)C(O)c1cc(N)c(F)c(F)c1. The first-order valence-electron chi connectivity index (χ1n) is 4.56. The van der Waals surface area contributed by atoms with E-state index in [0.717, 1.165) is 6.07 Å². The number of hydrogen-bond acceptors (Lipinski definition) is 4. The second-order valence-corrected chi connectivity index (χ2v) is 3.06. The van der Waals surface area contributed by atoms with E-state index < -0.39 is 29.4 Å². The molecule has 0 bridgehead atoms. The van der Waals surface area contributed by atoms with E-state index in [4.69, 9.17) is 5.73 Å². The molecule has 4 nitrogen and oxygen atoms in total. The number of esters is 1. The number of hydrogen-bond donors (Lipinski definition) is 2. The Hall–Kier alpha value is -1.69. The van der Waals surface area contributed by atoms with E-state index in [1.807, 2.05) is 0 Å². The van der Waals surface area contributed by atoms with Crippen molar-refractivity contribution in [3.05, 3.63) is 29.3 Å². The van der Waals surface area contributed by atoms with Gasteiger partial charge in [0.15, 0.2) is 17.7 Å². The van der Waals surface area contributed by atoms with Gasteiger partial charge in [0.05, 0.1) is 12.3 Å². The van der Waals surface area contributed by atoms with E-state index in [-0.39, 0.29) is 12.2 Å². The normalized spacial score (nSPS) is 12.2. The smallest absolute Gasteiger partial charge is 0.339 e. The third-order valence-corrected chi connectivity index (χ3v) is 1.90. The monoisotopic (exact) mass is 231 g/mol. The molecule has 0 spiro atoms. The summed E-state index contributed by atoms with van der Waals surface area (Å²) >= 11 is 0. The topological polar surface area (TPSA) is 72.5 Å². The Balaban J connectivity index is 3.01. The molecule has 0 aliphatic rings. The summed E-state index contributed by atoms with van der Waals surface area (Å²) in [5, 5.41) is 9.44. The minimum atomic E-state index is -1.67. The number of rotatable bonds is 3. The van der Waals surface area contributed by atoms with Gasteiger partial charge in [0.1, 0.15) is 0 Å². The number of nitrogens with two attached hydrogens (primary N) is 1. The standard InChI is InChI=1S/C10H11F2NO3/c1-2-16-10(15)9(14)5-3-6(11)8(12)7(13)4-5/h3-4,9,14H,2,13H2,1H3. The highest BCUT2D eigenvalue weighted by atomic mass is 19.2. The van der Waals surface area contributed by atoms with E-state index in [1.165, 1.54) is 0 Å². The molecule has 0 aliphatic heterocycles. The maximum Gasteiger partial charge on any atom is 0.339 e. The van der Waals surface area contributed by atoms with Crippen LogP contribution >= 0.6 is 0 Å². The summed E-state index contributed by atoms with van der Waals surface area (Å²) in [5.41, 5.74) is 4.54. The van der Waals surface area contributed by atoms with Crippen molar-refractivity contribution in [2.45, 2.75) is 13.0 Å². The molecule has 16 heavy (non-hydrogen) atoms. The number of carbonyl (C=O) groups excluding carboxylic acids is 1. The fourth-order valence-corrected chi connectivity index (χ4v) is 1.15. The third kappa shape index (κ3) is 2.46. The first-order valence-corrected chi connectivity index (χ1v) is 4.56. The van der Waals surface area contributed by atoms with Crippen molar-refractivity contribution < 1.29 is 23.4 Å². The quantitative estimate of drug-likeness (QED) is 0.604. The summed E-state index contributed by atoms with van der Waals surface area (Å²) in [6, 6.07) is 1.69. The van der Waals surface area contributed by atoms with Crippen molar-refractivity contribution >= 4 is 11.7 Å². The lowest BCUT2D eigenvalue weighted by Gasteiger charge is -2.11. The first-order chi connectivity index (χ1) is 7.47. The molecule has 0 heterocycles. The van der Waals surface area contributed by atoms with Gasteiger partial charge in [-0.1, -0.05) is 0 Å². The Bertz CT molecular complexity index is 386. The van der Waals surface area contributed by atoms with Crippen molar-refractivity contribution in [1.82, 2.24) is 0 Å². The zero-order valence-corrected chi connectivity index (χ0v) is 8.54. The predicted octanol–water partition coefficient (Wildman–Crippen LogP) is 1.14. The van der Waals surface area contributed by atoms with Gasteiger partial charge < -0.3 is 15.6 Å². The van der Waals surface area contributed by atoms with Gasteiger partial charge in [0.2, 0.25) is 0 Å². The first kappa shape index (κ1) is 12.4. The molecule has 88 valence electrons. The summed E-state index contributed by atoms with van der Waals surface area (Å²) in [6.07, 6.45) is -1.67. The second-order valence-electron chi connectivity index (χ2n) is 3.06. The molecular formula is C10H11F2NO3. The summed E-state index contributed by atoms with van der Waals surface area (Å²) in [7, 11) is 0. The number of aliphatic hydroxyl groups excluding tert-OH is 1. The summed E-state index contributed by atoms with van der Waals surface area (Å²) < 4.78 is 30.3. The van der Waals surface area contributed by atoms with Crippen LogP contribution in [0.2, 0.25) is 0 Å². The van der Waals surface area contributed by atoms with Gasteiger partial charge in [-0.2, -0.15) is 0 Å². The summed E-state index contributed by atoms with van der Waals surface area (Å²) in [5.74, 6) is -3.37. The Morgan fingerprint density at radius 1 is 1.56 bits per heavy atom. The molecule has 1 rings (SSSR count). The molecule has 0 saturated heterocycles. The van der Waals surface area contributed by atoms with E-state index in [2.05, 4.69) is 4.74 Å². The molecule has 3 N–H and O–H groups in total. The number of nitrogen functional groups attached to an aromatic ring is 1.